The van der Waals surface area contributed by atoms with E-state index in [1.807, 2.05) is 0 Å². The van der Waals surface area contributed by atoms with E-state index >= 15 is 0 Å². The number of rotatable bonds is 7. The van der Waals surface area contributed by atoms with Crippen LogP contribution in [-0.2, 0) is 6.42 Å². The smallest absolute Gasteiger partial charge is 0.0499 e. The molecule has 2 N–H and O–H groups in total. The Kier molecular flexibility index (Phi) is 4.79. The van der Waals surface area contributed by atoms with Gasteiger partial charge in [0, 0.05) is 24.6 Å². The molecule has 0 unspecified atom stereocenters. The van der Waals surface area contributed by atoms with Crippen molar-refractivity contribution in [2.45, 2.75) is 45.1 Å². The van der Waals surface area contributed by atoms with Crippen LogP contribution in [0.2, 0.25) is 0 Å². The van der Waals surface area contributed by atoms with E-state index in [1.54, 1.807) is 0 Å². The van der Waals surface area contributed by atoms with Gasteiger partial charge in [-0.05, 0) is 38.2 Å². The standard InChI is InChI=1S/C16H25NO/c1-14(8-9-15-6-3-2-4-7-15)17-12-16(13-18)10-5-11-16/h2-4,6-7,14,17-18H,5,8-13H2,1H3/t14-/m0/s1. The van der Waals surface area contributed by atoms with Crippen LogP contribution < -0.4 is 5.32 Å². The van der Waals surface area contributed by atoms with Crippen LogP contribution in [0.25, 0.3) is 0 Å². The van der Waals surface area contributed by atoms with Gasteiger partial charge in [-0.15, -0.1) is 0 Å². The highest BCUT2D eigenvalue weighted by Gasteiger charge is 2.35. The molecule has 0 amide bonds. The molecule has 0 aliphatic heterocycles. The summed E-state index contributed by atoms with van der Waals surface area (Å²) in [7, 11) is 0. The first-order valence-electron chi connectivity index (χ1n) is 7.12. The van der Waals surface area contributed by atoms with Gasteiger partial charge in [-0.2, -0.15) is 0 Å². The molecular formula is C16H25NO. The first-order valence-corrected chi connectivity index (χ1v) is 7.12. The lowest BCUT2D eigenvalue weighted by atomic mass is 9.69. The lowest BCUT2D eigenvalue weighted by molar-refractivity contribution is 0.0423. The molecule has 0 heterocycles. The molecule has 18 heavy (non-hydrogen) atoms. The van der Waals surface area contributed by atoms with E-state index in [2.05, 4.69) is 42.6 Å². The molecular weight excluding hydrogens is 222 g/mol. The van der Waals surface area contributed by atoms with Crippen molar-refractivity contribution in [1.82, 2.24) is 5.32 Å². The second kappa shape index (κ2) is 6.35. The van der Waals surface area contributed by atoms with Crippen molar-refractivity contribution >= 4 is 0 Å². The Morgan fingerprint density at radius 3 is 2.56 bits per heavy atom. The van der Waals surface area contributed by atoms with E-state index < -0.39 is 0 Å². The maximum absolute atomic E-state index is 9.42. The number of nitrogens with one attached hydrogen (secondary N) is 1. The highest BCUT2D eigenvalue weighted by atomic mass is 16.3. The quantitative estimate of drug-likeness (QED) is 0.776. The summed E-state index contributed by atoms with van der Waals surface area (Å²) >= 11 is 0. The Labute approximate surface area is 110 Å². The number of aliphatic hydroxyl groups excluding tert-OH is 1. The zero-order chi connectivity index (χ0) is 12.8. The van der Waals surface area contributed by atoms with Gasteiger partial charge in [0.1, 0.15) is 0 Å². The van der Waals surface area contributed by atoms with Crippen LogP contribution >= 0.6 is 0 Å². The zero-order valence-corrected chi connectivity index (χ0v) is 11.4. The van der Waals surface area contributed by atoms with Gasteiger partial charge in [-0.25, -0.2) is 0 Å². The van der Waals surface area contributed by atoms with E-state index in [4.69, 9.17) is 0 Å². The third-order valence-electron chi connectivity index (χ3n) is 4.28. The molecule has 1 aliphatic rings. The van der Waals surface area contributed by atoms with Crippen LogP contribution in [0.15, 0.2) is 30.3 Å². The maximum atomic E-state index is 9.42. The fraction of sp³-hybridized carbons (Fsp3) is 0.625. The highest BCUT2D eigenvalue weighted by molar-refractivity contribution is 5.14. The predicted molar refractivity (Wildman–Crippen MR) is 75.6 cm³/mol. The van der Waals surface area contributed by atoms with Gasteiger partial charge in [-0.3, -0.25) is 0 Å². The summed E-state index contributed by atoms with van der Waals surface area (Å²) in [6.07, 6.45) is 5.93. The van der Waals surface area contributed by atoms with Crippen LogP contribution in [0.5, 0.6) is 0 Å². The number of aliphatic hydroxyl groups is 1. The Morgan fingerprint density at radius 2 is 2.00 bits per heavy atom. The SMILES string of the molecule is C[C@@H](CCc1ccccc1)NCC1(CO)CCC1. The van der Waals surface area contributed by atoms with Crippen LogP contribution in [0.1, 0.15) is 38.2 Å². The fourth-order valence-corrected chi connectivity index (χ4v) is 2.59. The normalized spacial score (nSPS) is 19.2. The molecule has 1 saturated carbocycles. The van der Waals surface area contributed by atoms with E-state index in [0.717, 1.165) is 19.4 Å². The molecule has 100 valence electrons. The van der Waals surface area contributed by atoms with Crippen molar-refractivity contribution in [3.05, 3.63) is 35.9 Å². The topological polar surface area (TPSA) is 32.3 Å². The molecule has 0 radical (unpaired) electrons. The van der Waals surface area contributed by atoms with Crippen LogP contribution in [-0.4, -0.2) is 24.3 Å². The molecule has 0 bridgehead atoms. The summed E-state index contributed by atoms with van der Waals surface area (Å²) in [5.74, 6) is 0. The minimum Gasteiger partial charge on any atom is -0.396 e. The average Bonchev–Trinajstić information content (AvgIpc) is 2.37. The third-order valence-corrected chi connectivity index (χ3v) is 4.28. The number of aryl methyl sites for hydroxylation is 1. The maximum Gasteiger partial charge on any atom is 0.0499 e. The number of hydrogen-bond donors (Lipinski definition) is 2. The first kappa shape index (κ1) is 13.6. The molecule has 2 rings (SSSR count). The number of hydrogen-bond acceptors (Lipinski definition) is 2. The average molecular weight is 247 g/mol. The lowest BCUT2D eigenvalue weighted by Gasteiger charge is -2.41. The summed E-state index contributed by atoms with van der Waals surface area (Å²) in [5.41, 5.74) is 1.60. The molecule has 2 heteroatoms. The van der Waals surface area contributed by atoms with Gasteiger partial charge in [0.25, 0.3) is 0 Å². The van der Waals surface area contributed by atoms with Gasteiger partial charge >= 0.3 is 0 Å². The second-order valence-electron chi connectivity index (χ2n) is 5.82. The Morgan fingerprint density at radius 1 is 1.28 bits per heavy atom. The van der Waals surface area contributed by atoms with Crippen molar-refractivity contribution < 1.29 is 5.11 Å². The Bertz CT molecular complexity index is 340. The zero-order valence-electron chi connectivity index (χ0n) is 11.4. The minimum atomic E-state index is 0.195. The molecule has 1 aromatic rings. The molecule has 2 nitrogen and oxygen atoms in total. The van der Waals surface area contributed by atoms with E-state index in [0.29, 0.717) is 12.6 Å². The van der Waals surface area contributed by atoms with Gasteiger partial charge in [-0.1, -0.05) is 36.8 Å². The fourth-order valence-electron chi connectivity index (χ4n) is 2.59. The van der Waals surface area contributed by atoms with Gasteiger partial charge in [0.2, 0.25) is 0 Å². The van der Waals surface area contributed by atoms with Gasteiger partial charge in [0.05, 0.1) is 0 Å². The molecule has 0 saturated heterocycles. The monoisotopic (exact) mass is 247 g/mol. The van der Waals surface area contributed by atoms with Crippen molar-refractivity contribution in [1.29, 1.82) is 0 Å². The van der Waals surface area contributed by atoms with E-state index in [-0.39, 0.29) is 5.41 Å². The summed E-state index contributed by atoms with van der Waals surface area (Å²) in [4.78, 5) is 0. The predicted octanol–water partition coefficient (Wildman–Crippen LogP) is 2.76. The third kappa shape index (κ3) is 3.56. The van der Waals surface area contributed by atoms with Crippen molar-refractivity contribution in [2.24, 2.45) is 5.41 Å². The first-order chi connectivity index (χ1) is 8.74. The summed E-state index contributed by atoms with van der Waals surface area (Å²) in [5, 5.41) is 13.0. The molecule has 1 atom stereocenters. The molecule has 1 aromatic carbocycles. The molecule has 1 fully saturated rings. The highest BCUT2D eigenvalue weighted by Crippen LogP contribution is 2.39. The van der Waals surface area contributed by atoms with Crippen LogP contribution in [0, 0.1) is 5.41 Å². The molecule has 0 spiro atoms. The van der Waals surface area contributed by atoms with E-state index in [1.165, 1.54) is 24.8 Å². The van der Waals surface area contributed by atoms with Crippen LogP contribution in [0.4, 0.5) is 0 Å². The van der Waals surface area contributed by atoms with Crippen LogP contribution in [0.3, 0.4) is 0 Å². The summed E-state index contributed by atoms with van der Waals surface area (Å²) in [6, 6.07) is 11.2. The lowest BCUT2D eigenvalue weighted by Crippen LogP contribution is -2.45. The van der Waals surface area contributed by atoms with E-state index in [9.17, 15) is 5.11 Å². The summed E-state index contributed by atoms with van der Waals surface area (Å²) < 4.78 is 0. The van der Waals surface area contributed by atoms with Crippen molar-refractivity contribution in [3.8, 4) is 0 Å². The van der Waals surface area contributed by atoms with Crippen molar-refractivity contribution in [2.75, 3.05) is 13.2 Å². The van der Waals surface area contributed by atoms with Gasteiger partial charge in [0.15, 0.2) is 0 Å². The molecule has 0 aromatic heterocycles. The van der Waals surface area contributed by atoms with Gasteiger partial charge < -0.3 is 10.4 Å². The number of benzene rings is 1. The largest absolute Gasteiger partial charge is 0.396 e. The minimum absolute atomic E-state index is 0.195. The Hall–Kier alpha value is -0.860. The Balaban J connectivity index is 1.67. The summed E-state index contributed by atoms with van der Waals surface area (Å²) in [6.45, 7) is 3.55. The molecule has 1 aliphatic carbocycles. The second-order valence-corrected chi connectivity index (χ2v) is 5.82. The van der Waals surface area contributed by atoms with Crippen molar-refractivity contribution in [3.63, 3.8) is 0 Å².